The monoisotopic (exact) mass is 1060 g/mol. The van der Waals surface area contributed by atoms with Gasteiger partial charge < -0.3 is 104 Å². The molecule has 13 N–H and O–H groups in total. The van der Waals surface area contributed by atoms with E-state index in [9.17, 15) is 66.4 Å². The largest absolute Gasteiger partial charge is 0.394 e. The molecule has 0 aromatic carbocycles. The fraction of sp³-hybridized carbons (Fsp3) is 0.962. The summed E-state index contributed by atoms with van der Waals surface area (Å²) in [6.45, 7) is 17.1. The lowest BCUT2D eigenvalue weighted by molar-refractivity contribution is -0.377. The molecule has 8 rings (SSSR count). The number of allylic oxidation sites excluding steroid dienone is 2. The van der Waals surface area contributed by atoms with E-state index in [2.05, 4.69) is 40.7 Å². The van der Waals surface area contributed by atoms with Gasteiger partial charge in [-0.05, 0) is 125 Å². The van der Waals surface area contributed by atoms with Crippen molar-refractivity contribution in [2.45, 2.75) is 255 Å². The average molecular weight is 1060 g/mol. The Bertz CT molecular complexity index is 1930. The van der Waals surface area contributed by atoms with Crippen LogP contribution in [0.3, 0.4) is 0 Å². The summed E-state index contributed by atoms with van der Waals surface area (Å²) < 4.78 is 49.1. The Morgan fingerprint density at radius 2 is 1.19 bits per heavy atom. The summed E-state index contributed by atoms with van der Waals surface area (Å²) in [5, 5.41) is 141. The molecule has 0 amide bonds. The molecule has 8 fully saturated rings. The zero-order valence-corrected chi connectivity index (χ0v) is 44.6. The van der Waals surface area contributed by atoms with Crippen LogP contribution >= 0.6 is 0 Å². The highest BCUT2D eigenvalue weighted by Crippen LogP contribution is 2.76. The molecule has 0 spiro atoms. The number of aliphatic hydroxyl groups excluding tert-OH is 13. The van der Waals surface area contributed by atoms with Crippen LogP contribution in [0.2, 0.25) is 0 Å². The minimum atomic E-state index is -1.71. The topological polar surface area (TPSA) is 337 Å². The lowest BCUT2D eigenvalue weighted by Gasteiger charge is -2.71. The normalized spacial score (nSPS) is 53.1. The number of rotatable bonds is 15. The van der Waals surface area contributed by atoms with E-state index in [1.165, 1.54) is 6.92 Å². The Balaban J connectivity index is 1.01. The second-order valence-electron chi connectivity index (χ2n) is 25.2. The molecule has 8 aliphatic rings. The third kappa shape index (κ3) is 10.0. The predicted octanol–water partition coefficient (Wildman–Crippen LogP) is -0.536. The van der Waals surface area contributed by atoms with Crippen LogP contribution in [0.5, 0.6) is 0 Å². The molecule has 29 atom stereocenters. The van der Waals surface area contributed by atoms with Crippen molar-refractivity contribution in [3.63, 3.8) is 0 Å². The van der Waals surface area contributed by atoms with Gasteiger partial charge >= 0.3 is 0 Å². The summed E-state index contributed by atoms with van der Waals surface area (Å²) in [5.74, 6) is -0.0176. The Kier molecular flexibility index (Phi) is 17.6. The van der Waals surface area contributed by atoms with Gasteiger partial charge in [-0.3, -0.25) is 0 Å². The van der Waals surface area contributed by atoms with Crippen LogP contribution in [0.25, 0.3) is 0 Å². The van der Waals surface area contributed by atoms with Gasteiger partial charge in [-0.25, -0.2) is 0 Å². The molecule has 21 nitrogen and oxygen atoms in total. The first kappa shape index (κ1) is 59.0. The fourth-order valence-corrected chi connectivity index (χ4v) is 16.0. The van der Waals surface area contributed by atoms with Crippen LogP contribution in [0.15, 0.2) is 11.6 Å². The molecule has 428 valence electrons. The SMILES string of the molecule is CC(C)=CCC[C@](C)(O[C@@H]1O[C@H](CO[C@@H]2O[C@H](CO)[C@H](O)[C@H]2O)[C@@H](O)[C@H](O)[C@H]1O)[C@H]1CC[C@]2(C)[C@@H]1CC[C@@H]1[C@@]3(C)CC[C@H](O[C@@H]4O[C@H](CO)[C@@H](O)[C@H](O)[C@H]4O[C@@H]4O[C@@H](C)[C@H](O)[C@@H](O)[C@H]4O)C(C)(C)[C@@H]3C[C@H](O)[C@]12C. The number of ether oxygens (including phenoxy) is 8. The maximum absolute atomic E-state index is 12.9. The highest BCUT2D eigenvalue weighted by Gasteiger charge is 2.73. The molecule has 0 aromatic rings. The van der Waals surface area contributed by atoms with Crippen LogP contribution in [-0.4, -0.2) is 221 Å². The Hall–Kier alpha value is -1.10. The van der Waals surface area contributed by atoms with Crippen molar-refractivity contribution in [1.29, 1.82) is 0 Å². The molecule has 0 aromatic heterocycles. The Labute approximate surface area is 434 Å². The minimum Gasteiger partial charge on any atom is -0.394 e. The number of aliphatic hydroxyl groups is 13. The van der Waals surface area contributed by atoms with Gasteiger partial charge in [-0.15, -0.1) is 0 Å². The number of hydrogen-bond acceptors (Lipinski definition) is 21. The van der Waals surface area contributed by atoms with Gasteiger partial charge in [0.15, 0.2) is 25.2 Å². The number of fused-ring (bicyclic) bond motifs is 5. The third-order valence-corrected chi connectivity index (χ3v) is 20.6. The highest BCUT2D eigenvalue weighted by atomic mass is 16.8. The molecule has 0 radical (unpaired) electrons. The van der Waals surface area contributed by atoms with Gasteiger partial charge in [-0.1, -0.05) is 46.3 Å². The van der Waals surface area contributed by atoms with Gasteiger partial charge in [-0.2, -0.15) is 0 Å². The number of hydrogen-bond donors (Lipinski definition) is 13. The van der Waals surface area contributed by atoms with E-state index in [4.69, 9.17) is 37.9 Å². The first-order valence-electron chi connectivity index (χ1n) is 27.2. The van der Waals surface area contributed by atoms with E-state index < -0.39 is 165 Å². The first-order chi connectivity index (χ1) is 34.6. The second kappa shape index (κ2) is 22.1. The summed E-state index contributed by atoms with van der Waals surface area (Å²) in [4.78, 5) is 0. The van der Waals surface area contributed by atoms with Crippen molar-refractivity contribution < 1.29 is 104 Å². The molecule has 0 unspecified atom stereocenters. The van der Waals surface area contributed by atoms with Crippen molar-refractivity contribution in [2.75, 3.05) is 19.8 Å². The summed E-state index contributed by atoms with van der Waals surface area (Å²) in [6.07, 6.45) is -20.5. The molecular weight excluding hydrogens is 973 g/mol. The van der Waals surface area contributed by atoms with Crippen LogP contribution in [-0.2, 0) is 37.9 Å². The summed E-state index contributed by atoms with van der Waals surface area (Å²) >= 11 is 0. The average Bonchev–Trinajstić information content (AvgIpc) is 3.86. The lowest BCUT2D eigenvalue weighted by Crippen LogP contribution is -2.69. The molecule has 21 heteroatoms. The summed E-state index contributed by atoms with van der Waals surface area (Å²) in [6, 6.07) is 0. The van der Waals surface area contributed by atoms with E-state index in [1.807, 2.05) is 20.8 Å². The van der Waals surface area contributed by atoms with E-state index >= 15 is 0 Å². The van der Waals surface area contributed by atoms with E-state index in [0.717, 1.165) is 37.7 Å². The molecule has 0 bridgehead atoms. The summed E-state index contributed by atoms with van der Waals surface area (Å²) in [7, 11) is 0. The smallest absolute Gasteiger partial charge is 0.187 e. The quantitative estimate of drug-likeness (QED) is 0.0724. The van der Waals surface area contributed by atoms with Crippen LogP contribution in [0.1, 0.15) is 120 Å². The molecule has 4 aliphatic carbocycles. The van der Waals surface area contributed by atoms with Crippen LogP contribution < -0.4 is 0 Å². The Morgan fingerprint density at radius 1 is 0.608 bits per heavy atom. The lowest BCUT2D eigenvalue weighted by atomic mass is 9.34. The highest BCUT2D eigenvalue weighted by molar-refractivity contribution is 5.21. The molecule has 4 aliphatic heterocycles. The van der Waals surface area contributed by atoms with Crippen molar-refractivity contribution in [1.82, 2.24) is 0 Å². The van der Waals surface area contributed by atoms with Gasteiger partial charge in [0, 0.05) is 5.41 Å². The minimum absolute atomic E-state index is 0.0610. The van der Waals surface area contributed by atoms with Gasteiger partial charge in [0.2, 0.25) is 0 Å². The zero-order valence-electron chi connectivity index (χ0n) is 44.6. The molecule has 4 saturated heterocycles. The maximum atomic E-state index is 12.9. The third-order valence-electron chi connectivity index (χ3n) is 20.6. The zero-order chi connectivity index (χ0) is 54.4. The van der Waals surface area contributed by atoms with Crippen molar-refractivity contribution in [3.05, 3.63) is 11.6 Å². The second-order valence-corrected chi connectivity index (χ2v) is 25.2. The van der Waals surface area contributed by atoms with Gasteiger partial charge in [0.1, 0.15) is 85.5 Å². The van der Waals surface area contributed by atoms with E-state index in [-0.39, 0.29) is 34.5 Å². The molecule has 4 saturated carbocycles. The summed E-state index contributed by atoms with van der Waals surface area (Å²) in [5.41, 5.74) is -1.65. The fourth-order valence-electron chi connectivity index (χ4n) is 16.0. The standard InChI is InChI=1S/C53H90O21/c1-23(2)11-10-16-52(8,74-47-43(66)39(62)37(60)29(71-47)22-67-45-41(64)36(59)28(21-55)69-45)26-14-18-51(7)25(26)12-13-30-50(6)17-15-33(49(4,5)31(50)19-32(56)53(30,51)9)72-48-44(40(63)35(58)27(20-54)70-48)73-46-42(65)38(61)34(57)24(3)68-46/h11,24-48,54-66H,10,12-22H2,1-9H3/t24-,25+,26-,27+,28+,29+,30+,31-,32-,33-,34-,35+,36-,37+,38+,39-,40-,41+,42+,43+,44+,45+,46-,47-,48-,50+,51+,52-,53-/m0/s1. The van der Waals surface area contributed by atoms with Crippen molar-refractivity contribution in [3.8, 4) is 0 Å². The van der Waals surface area contributed by atoms with Gasteiger partial charge in [0.25, 0.3) is 0 Å². The molecule has 74 heavy (non-hydrogen) atoms. The first-order valence-corrected chi connectivity index (χ1v) is 27.2. The molecular formula is C53H90O21. The van der Waals surface area contributed by atoms with Crippen LogP contribution in [0.4, 0.5) is 0 Å². The molecule has 4 heterocycles. The van der Waals surface area contributed by atoms with E-state index in [0.29, 0.717) is 25.7 Å². The van der Waals surface area contributed by atoms with Crippen LogP contribution in [0, 0.1) is 45.3 Å². The predicted molar refractivity (Wildman–Crippen MR) is 259 cm³/mol. The van der Waals surface area contributed by atoms with Crippen molar-refractivity contribution in [2.24, 2.45) is 45.3 Å². The Morgan fingerprint density at radius 3 is 1.84 bits per heavy atom. The van der Waals surface area contributed by atoms with E-state index in [1.54, 1.807) is 0 Å². The van der Waals surface area contributed by atoms with Gasteiger partial charge in [0.05, 0.1) is 43.7 Å². The maximum Gasteiger partial charge on any atom is 0.187 e. The van der Waals surface area contributed by atoms with Crippen molar-refractivity contribution >= 4 is 0 Å².